The highest BCUT2D eigenvalue weighted by molar-refractivity contribution is 5.70. The Balaban J connectivity index is 1.68. The van der Waals surface area contributed by atoms with E-state index >= 15 is 0 Å². The van der Waals surface area contributed by atoms with Crippen molar-refractivity contribution in [2.75, 3.05) is 50.3 Å². The number of ether oxygens (including phenoxy) is 6. The fourth-order valence-corrected chi connectivity index (χ4v) is 17.3. The molecule has 4 aromatic rings. The van der Waals surface area contributed by atoms with Gasteiger partial charge in [0, 0.05) is 41.2 Å². The topological polar surface area (TPSA) is 118 Å². The summed E-state index contributed by atoms with van der Waals surface area (Å²) in [6.45, 7) is 17.5. The third-order valence-corrected chi connectivity index (χ3v) is 25.2. The van der Waals surface area contributed by atoms with E-state index in [1.807, 2.05) is 6.07 Å². The molecule has 11 nitrogen and oxygen atoms in total. The minimum absolute atomic E-state index is 0.405. The summed E-state index contributed by atoms with van der Waals surface area (Å²) in [4.78, 5) is 15.7. The highest BCUT2D eigenvalue weighted by Gasteiger charge is 2.22. The number of rotatable bonds is 95. The Morgan fingerprint density at radius 1 is 0.189 bits per heavy atom. The van der Waals surface area contributed by atoms with Gasteiger partial charge in [-0.15, -0.1) is 0 Å². The van der Waals surface area contributed by atoms with Crippen molar-refractivity contribution in [1.29, 1.82) is 0 Å². The molecule has 0 saturated heterocycles. The normalized spacial score (nSPS) is 11.5. The highest BCUT2D eigenvalue weighted by atomic mass is 16.5. The van der Waals surface area contributed by atoms with Crippen molar-refractivity contribution in [3.63, 3.8) is 0 Å². The maximum atomic E-state index is 6.97. The van der Waals surface area contributed by atoms with E-state index in [9.17, 15) is 0 Å². The molecular weight excluding hydrogens is 1500 g/mol. The van der Waals surface area contributed by atoms with Gasteiger partial charge in [-0.1, -0.05) is 534 Å². The zero-order valence-electron chi connectivity index (χ0n) is 81.4. The first-order chi connectivity index (χ1) is 60.5. The SMILES string of the molecule is CCCCCCCCCCCCCCCOc1cc(Nc2nc(Nc3cc(OCCCCCCCCCCCCCCC)c(OCCCCCCCCCCCCCCC)c(OCCCCCCCCCCCCCCC)c3)nc(-c3ccccc3)n2)cc(OCCCCCCCCCCCCCCC)c1OCCCCCCCCCCCCCCC. The van der Waals surface area contributed by atoms with Crippen LogP contribution in [0.4, 0.5) is 23.3 Å². The molecule has 1 heterocycles. The number of unbranched alkanes of at least 4 members (excludes halogenated alkanes) is 72. The van der Waals surface area contributed by atoms with E-state index in [1.165, 1.54) is 424 Å². The van der Waals surface area contributed by atoms with Gasteiger partial charge < -0.3 is 39.1 Å². The molecule has 702 valence electrons. The van der Waals surface area contributed by atoms with E-state index in [1.54, 1.807) is 0 Å². The molecule has 0 amide bonds. The minimum atomic E-state index is 0.405. The van der Waals surface area contributed by atoms with Gasteiger partial charge in [0.05, 0.1) is 39.6 Å². The van der Waals surface area contributed by atoms with Crippen LogP contribution in [0.25, 0.3) is 11.4 Å². The summed E-state index contributed by atoms with van der Waals surface area (Å²) in [5, 5.41) is 7.43. The average molecular weight is 1700 g/mol. The van der Waals surface area contributed by atoms with Crippen LogP contribution in [0.3, 0.4) is 0 Å². The molecule has 0 bridgehead atoms. The lowest BCUT2D eigenvalue weighted by atomic mass is 10.0. The lowest BCUT2D eigenvalue weighted by molar-refractivity contribution is 0.234. The van der Waals surface area contributed by atoms with E-state index in [2.05, 4.69) is 101 Å². The molecule has 0 aliphatic carbocycles. The Morgan fingerprint density at radius 3 is 0.533 bits per heavy atom. The summed E-state index contributed by atoms with van der Waals surface area (Å²) in [6, 6.07) is 18.7. The van der Waals surface area contributed by atoms with Crippen molar-refractivity contribution in [3.8, 4) is 45.9 Å². The number of hydrogen-bond acceptors (Lipinski definition) is 11. The number of anilines is 4. The van der Waals surface area contributed by atoms with Crippen LogP contribution in [0.1, 0.15) is 542 Å². The van der Waals surface area contributed by atoms with Crippen LogP contribution in [-0.2, 0) is 0 Å². The molecule has 11 heteroatoms. The second-order valence-corrected chi connectivity index (χ2v) is 37.1. The Kier molecular flexibility index (Phi) is 75.5. The van der Waals surface area contributed by atoms with Gasteiger partial charge in [-0.3, -0.25) is 0 Å². The maximum Gasteiger partial charge on any atom is 0.232 e. The predicted octanol–water partition coefficient (Wildman–Crippen LogP) is 37.8. The zero-order valence-corrected chi connectivity index (χ0v) is 81.4. The lowest BCUT2D eigenvalue weighted by Crippen LogP contribution is -2.09. The van der Waals surface area contributed by atoms with Crippen molar-refractivity contribution in [2.45, 2.75) is 542 Å². The molecule has 0 aliphatic rings. The van der Waals surface area contributed by atoms with Crippen molar-refractivity contribution in [2.24, 2.45) is 0 Å². The second kappa shape index (κ2) is 84.2. The largest absolute Gasteiger partial charge is 0.489 e. The molecule has 0 fully saturated rings. The third kappa shape index (κ3) is 62.3. The fourth-order valence-electron chi connectivity index (χ4n) is 17.3. The molecule has 0 unspecified atom stereocenters. The monoisotopic (exact) mass is 1700 g/mol. The van der Waals surface area contributed by atoms with Crippen molar-refractivity contribution in [1.82, 2.24) is 15.0 Å². The summed E-state index contributed by atoms with van der Waals surface area (Å²) in [5.74, 6) is 5.59. The van der Waals surface area contributed by atoms with Gasteiger partial charge >= 0.3 is 0 Å². The first kappa shape index (κ1) is 109. The molecule has 0 aliphatic heterocycles. The molecule has 4 rings (SSSR count). The Labute approximate surface area is 755 Å². The Bertz CT molecular complexity index is 2600. The van der Waals surface area contributed by atoms with E-state index in [0.717, 1.165) is 94.0 Å². The second-order valence-electron chi connectivity index (χ2n) is 37.1. The van der Waals surface area contributed by atoms with E-state index in [0.29, 0.717) is 91.9 Å². The van der Waals surface area contributed by atoms with Crippen LogP contribution >= 0.6 is 0 Å². The molecule has 122 heavy (non-hydrogen) atoms. The number of hydrogen-bond donors (Lipinski definition) is 2. The number of nitrogens with zero attached hydrogens (tertiary/aromatic N) is 3. The summed E-state index contributed by atoms with van der Waals surface area (Å²) >= 11 is 0. The Hall–Kier alpha value is -4.93. The predicted molar refractivity (Wildman–Crippen MR) is 532 cm³/mol. The summed E-state index contributed by atoms with van der Waals surface area (Å²) in [5.41, 5.74) is 2.43. The smallest absolute Gasteiger partial charge is 0.232 e. The molecular formula is C111H197N5O6. The summed E-state index contributed by atoms with van der Waals surface area (Å²) < 4.78 is 41.8. The van der Waals surface area contributed by atoms with Crippen molar-refractivity contribution < 1.29 is 28.4 Å². The van der Waals surface area contributed by atoms with E-state index < -0.39 is 0 Å². The number of nitrogens with one attached hydrogen (secondary N) is 2. The quantitative estimate of drug-likeness (QED) is 0.0412. The van der Waals surface area contributed by atoms with Gasteiger partial charge in [-0.2, -0.15) is 15.0 Å². The van der Waals surface area contributed by atoms with Crippen molar-refractivity contribution in [3.05, 3.63) is 54.6 Å². The fraction of sp³-hybridized carbons (Fsp3) is 0.811. The minimum Gasteiger partial charge on any atom is -0.489 e. The molecule has 2 N–H and O–H groups in total. The summed E-state index contributed by atoms with van der Waals surface area (Å²) in [6.07, 6.45) is 102. The highest BCUT2D eigenvalue weighted by Crippen LogP contribution is 2.44. The number of benzene rings is 3. The first-order valence-corrected chi connectivity index (χ1v) is 54.0. The molecule has 0 saturated carbocycles. The molecule has 0 radical (unpaired) electrons. The summed E-state index contributed by atoms with van der Waals surface area (Å²) in [7, 11) is 0. The average Bonchev–Trinajstić information content (AvgIpc) is 0.806. The van der Waals surface area contributed by atoms with Crippen LogP contribution in [0.15, 0.2) is 54.6 Å². The van der Waals surface area contributed by atoms with Gasteiger partial charge in [0.25, 0.3) is 0 Å². The van der Waals surface area contributed by atoms with Gasteiger partial charge in [0.2, 0.25) is 23.4 Å². The molecule has 3 aromatic carbocycles. The molecule has 0 spiro atoms. The van der Waals surface area contributed by atoms with E-state index in [4.69, 9.17) is 43.4 Å². The maximum absolute atomic E-state index is 6.97. The molecule has 1 aromatic heterocycles. The third-order valence-electron chi connectivity index (χ3n) is 25.2. The molecule has 0 atom stereocenters. The van der Waals surface area contributed by atoms with Gasteiger partial charge in [-0.25, -0.2) is 0 Å². The van der Waals surface area contributed by atoms with E-state index in [-0.39, 0.29) is 0 Å². The van der Waals surface area contributed by atoms with Crippen LogP contribution < -0.4 is 39.1 Å². The van der Waals surface area contributed by atoms with Crippen LogP contribution in [0, 0.1) is 0 Å². The van der Waals surface area contributed by atoms with Gasteiger partial charge in [-0.05, 0) is 38.5 Å². The van der Waals surface area contributed by atoms with Crippen LogP contribution in [0.2, 0.25) is 0 Å². The van der Waals surface area contributed by atoms with Gasteiger partial charge in [0.15, 0.2) is 28.8 Å². The van der Waals surface area contributed by atoms with Crippen molar-refractivity contribution >= 4 is 23.3 Å². The zero-order chi connectivity index (χ0) is 86.5. The van der Waals surface area contributed by atoms with Gasteiger partial charge in [0.1, 0.15) is 0 Å². The lowest BCUT2D eigenvalue weighted by Gasteiger charge is -2.20. The van der Waals surface area contributed by atoms with Crippen LogP contribution in [0.5, 0.6) is 34.5 Å². The standard InChI is InChI=1S/C111H197N5O6/c1-7-13-19-25-31-37-43-49-55-61-67-73-82-90-117-103-96-101(97-104(118-91-83-74-68-62-56-50-44-38-32-26-20-14-8-2)107(103)121-94-86-77-71-65-59-53-47-41-35-29-23-17-11-5)112-110-114-109(100-88-80-79-81-89-100)115-111(116-110)113-102-98-105(119-92-84-75-69-63-57-51-45-39-33-27-21-15-9-3)108(122-95-87-78-72-66-60-54-48-42-36-30-24-18-12-6)106(99-102)120-93-85-76-70-64-58-52-46-40-34-28-22-16-10-4/h79-81,88-89,96-99H,7-78,82-87,90-95H2,1-6H3,(H2,112,113,114,115,116). The Morgan fingerprint density at radius 2 is 0.352 bits per heavy atom. The van der Waals surface area contributed by atoms with Crippen LogP contribution in [-0.4, -0.2) is 54.6 Å². The first-order valence-electron chi connectivity index (χ1n) is 54.0. The number of aromatic nitrogens is 3.